The first-order valence-corrected chi connectivity index (χ1v) is 8.41. The maximum absolute atomic E-state index is 13.1. The van der Waals surface area contributed by atoms with Crippen LogP contribution < -0.4 is 16.6 Å². The molecule has 1 aromatic heterocycles. The van der Waals surface area contributed by atoms with E-state index in [1.165, 1.54) is 6.42 Å². The van der Waals surface area contributed by atoms with Crippen LogP contribution in [-0.4, -0.2) is 16.1 Å². The van der Waals surface area contributed by atoms with Gasteiger partial charge < -0.3 is 11.1 Å². The molecule has 0 amide bonds. The maximum atomic E-state index is 13.1. The summed E-state index contributed by atoms with van der Waals surface area (Å²) in [5, 5.41) is 3.25. The number of rotatable bonds is 3. The van der Waals surface area contributed by atoms with E-state index in [0.29, 0.717) is 18.4 Å². The van der Waals surface area contributed by atoms with E-state index in [4.69, 9.17) is 5.73 Å². The zero-order valence-electron chi connectivity index (χ0n) is 13.2. The van der Waals surface area contributed by atoms with Gasteiger partial charge in [-0.3, -0.25) is 9.36 Å². The monoisotopic (exact) mass is 310 g/mol. The van der Waals surface area contributed by atoms with Crippen molar-refractivity contribution < 1.29 is 0 Å². The molecule has 5 heteroatoms. The first-order valence-electron chi connectivity index (χ1n) is 8.41. The van der Waals surface area contributed by atoms with Gasteiger partial charge in [0.15, 0.2) is 0 Å². The third-order valence-corrected chi connectivity index (χ3v) is 5.18. The molecule has 23 heavy (non-hydrogen) atoms. The highest BCUT2D eigenvalue weighted by Crippen LogP contribution is 2.40. The molecule has 1 saturated carbocycles. The lowest BCUT2D eigenvalue weighted by Crippen LogP contribution is -2.40. The standard InChI is InChI=1S/C18H22N4O/c19-18-21-15-11-20-10-9-14(15)17(23)22(18)16(13-7-4-8-13)12-5-2-1-3-6-12/h1-3,5-6,13,16,20H,4,7-11H2,(H2,19,21). The van der Waals surface area contributed by atoms with Crippen molar-refractivity contribution in [2.24, 2.45) is 5.92 Å². The lowest BCUT2D eigenvalue weighted by atomic mass is 9.77. The van der Waals surface area contributed by atoms with Gasteiger partial charge in [-0.2, -0.15) is 0 Å². The Hall–Kier alpha value is -2.14. The van der Waals surface area contributed by atoms with Crippen molar-refractivity contribution >= 4 is 5.95 Å². The van der Waals surface area contributed by atoms with E-state index in [9.17, 15) is 4.79 Å². The normalized spacial score (nSPS) is 19.0. The molecular weight excluding hydrogens is 288 g/mol. The Balaban J connectivity index is 1.88. The van der Waals surface area contributed by atoms with Gasteiger partial charge in [0.1, 0.15) is 0 Å². The first kappa shape index (κ1) is 14.5. The van der Waals surface area contributed by atoms with Crippen LogP contribution in [0.2, 0.25) is 0 Å². The highest BCUT2D eigenvalue weighted by atomic mass is 16.1. The van der Waals surface area contributed by atoms with Crippen molar-refractivity contribution in [1.82, 2.24) is 14.9 Å². The molecule has 1 aliphatic heterocycles. The smallest absolute Gasteiger partial charge is 0.259 e. The van der Waals surface area contributed by atoms with Gasteiger partial charge in [0.05, 0.1) is 11.7 Å². The highest BCUT2D eigenvalue weighted by Gasteiger charge is 2.33. The summed E-state index contributed by atoms with van der Waals surface area (Å²) in [7, 11) is 0. The number of hydrogen-bond donors (Lipinski definition) is 2. The number of anilines is 1. The summed E-state index contributed by atoms with van der Waals surface area (Å²) in [6.45, 7) is 1.46. The predicted octanol–water partition coefficient (Wildman–Crippen LogP) is 1.86. The van der Waals surface area contributed by atoms with Gasteiger partial charge in [-0.25, -0.2) is 4.98 Å². The molecule has 2 aromatic rings. The van der Waals surface area contributed by atoms with Crippen LogP contribution in [0.1, 0.15) is 42.1 Å². The van der Waals surface area contributed by atoms with Crippen LogP contribution in [0.4, 0.5) is 5.95 Å². The lowest BCUT2D eigenvalue weighted by Gasteiger charge is -2.36. The van der Waals surface area contributed by atoms with Crippen LogP contribution in [0.15, 0.2) is 35.1 Å². The van der Waals surface area contributed by atoms with E-state index >= 15 is 0 Å². The molecule has 1 aliphatic carbocycles. The fraction of sp³-hybridized carbons (Fsp3) is 0.444. The molecule has 2 aliphatic rings. The molecule has 3 N–H and O–H groups in total. The van der Waals surface area contributed by atoms with Crippen molar-refractivity contribution in [2.45, 2.75) is 38.3 Å². The number of nitrogen functional groups attached to an aromatic ring is 1. The number of fused-ring (bicyclic) bond motifs is 1. The lowest BCUT2D eigenvalue weighted by molar-refractivity contribution is 0.234. The zero-order chi connectivity index (χ0) is 15.8. The second kappa shape index (κ2) is 5.81. The number of nitrogens with one attached hydrogen (secondary N) is 1. The molecule has 1 unspecified atom stereocenters. The number of benzene rings is 1. The molecule has 1 fully saturated rings. The van der Waals surface area contributed by atoms with Crippen LogP contribution in [-0.2, 0) is 13.0 Å². The fourth-order valence-electron chi connectivity index (χ4n) is 3.76. The Morgan fingerprint density at radius 1 is 1.26 bits per heavy atom. The van der Waals surface area contributed by atoms with E-state index in [-0.39, 0.29) is 11.6 Å². The van der Waals surface area contributed by atoms with E-state index < -0.39 is 0 Å². The second-order valence-electron chi connectivity index (χ2n) is 6.54. The Morgan fingerprint density at radius 3 is 2.74 bits per heavy atom. The summed E-state index contributed by atoms with van der Waals surface area (Å²) in [6.07, 6.45) is 4.24. The van der Waals surface area contributed by atoms with Crippen LogP contribution in [0, 0.1) is 5.92 Å². The van der Waals surface area contributed by atoms with Gasteiger partial charge in [0.25, 0.3) is 5.56 Å². The Bertz CT molecular complexity index is 765. The average Bonchev–Trinajstić information content (AvgIpc) is 2.53. The number of hydrogen-bond acceptors (Lipinski definition) is 4. The molecule has 0 bridgehead atoms. The number of nitrogens with two attached hydrogens (primary N) is 1. The van der Waals surface area contributed by atoms with Crippen molar-refractivity contribution in [1.29, 1.82) is 0 Å². The minimum absolute atomic E-state index is 0.00476. The van der Waals surface area contributed by atoms with Crippen LogP contribution >= 0.6 is 0 Å². The van der Waals surface area contributed by atoms with Gasteiger partial charge in [0, 0.05) is 12.1 Å². The first-order chi connectivity index (χ1) is 11.3. The zero-order valence-corrected chi connectivity index (χ0v) is 13.2. The Morgan fingerprint density at radius 2 is 2.04 bits per heavy atom. The minimum atomic E-state index is 0.00476. The van der Waals surface area contributed by atoms with Crippen LogP contribution in [0.5, 0.6) is 0 Å². The second-order valence-corrected chi connectivity index (χ2v) is 6.54. The Kier molecular flexibility index (Phi) is 3.65. The number of aromatic nitrogens is 2. The molecule has 1 aromatic carbocycles. The van der Waals surface area contributed by atoms with Crippen LogP contribution in [0.25, 0.3) is 0 Å². The largest absolute Gasteiger partial charge is 0.369 e. The van der Waals surface area contributed by atoms with E-state index in [2.05, 4.69) is 22.4 Å². The SMILES string of the molecule is Nc1nc2c(c(=O)n1C(c1ccccc1)C1CCC1)CCNC2. The van der Waals surface area contributed by atoms with E-state index in [0.717, 1.165) is 42.6 Å². The fourth-order valence-corrected chi connectivity index (χ4v) is 3.76. The van der Waals surface area contributed by atoms with E-state index in [1.54, 1.807) is 4.57 Å². The summed E-state index contributed by atoms with van der Waals surface area (Å²) in [4.78, 5) is 17.6. The minimum Gasteiger partial charge on any atom is -0.369 e. The highest BCUT2D eigenvalue weighted by molar-refractivity contribution is 5.33. The van der Waals surface area contributed by atoms with Gasteiger partial charge in [-0.15, -0.1) is 0 Å². The molecule has 0 saturated heterocycles. The third kappa shape index (κ3) is 2.45. The molecule has 0 spiro atoms. The van der Waals surface area contributed by atoms with Gasteiger partial charge in [-0.05, 0) is 37.3 Å². The van der Waals surface area contributed by atoms with Crippen LogP contribution in [0.3, 0.4) is 0 Å². The molecule has 0 radical (unpaired) electrons. The topological polar surface area (TPSA) is 72.9 Å². The molecule has 5 nitrogen and oxygen atoms in total. The quantitative estimate of drug-likeness (QED) is 0.907. The summed E-state index contributed by atoms with van der Waals surface area (Å²) in [5.41, 5.74) is 9.08. The number of nitrogens with zero attached hydrogens (tertiary/aromatic N) is 2. The van der Waals surface area contributed by atoms with Crippen molar-refractivity contribution in [3.8, 4) is 0 Å². The molecular formula is C18H22N4O. The molecule has 120 valence electrons. The van der Waals surface area contributed by atoms with Gasteiger partial charge in [-0.1, -0.05) is 36.8 Å². The van der Waals surface area contributed by atoms with Crippen molar-refractivity contribution in [2.75, 3.05) is 12.3 Å². The molecule has 1 atom stereocenters. The van der Waals surface area contributed by atoms with Gasteiger partial charge in [0.2, 0.25) is 5.95 Å². The summed E-state index contributed by atoms with van der Waals surface area (Å²) >= 11 is 0. The third-order valence-electron chi connectivity index (χ3n) is 5.18. The molecule has 4 rings (SSSR count). The molecule has 2 heterocycles. The average molecular weight is 310 g/mol. The van der Waals surface area contributed by atoms with Gasteiger partial charge >= 0.3 is 0 Å². The summed E-state index contributed by atoms with van der Waals surface area (Å²) in [6, 6.07) is 10.2. The van der Waals surface area contributed by atoms with E-state index in [1.807, 2.05) is 18.2 Å². The Labute approximate surface area is 135 Å². The summed E-state index contributed by atoms with van der Waals surface area (Å²) < 4.78 is 1.75. The maximum Gasteiger partial charge on any atom is 0.259 e. The van der Waals surface area contributed by atoms with Crippen molar-refractivity contribution in [3.63, 3.8) is 0 Å². The predicted molar refractivity (Wildman–Crippen MR) is 90.2 cm³/mol. The van der Waals surface area contributed by atoms with Crippen molar-refractivity contribution in [3.05, 3.63) is 57.5 Å². The summed E-state index contributed by atoms with van der Waals surface area (Å²) in [5.74, 6) is 0.817.